The molecule has 0 aromatic carbocycles. The number of carbonyl (C=O) groups excluding carboxylic acids is 1. The first-order valence-electron chi connectivity index (χ1n) is 7.28. The second kappa shape index (κ2) is 6.10. The topological polar surface area (TPSA) is 70.1 Å². The summed E-state index contributed by atoms with van der Waals surface area (Å²) >= 11 is 0. The molecular formula is C14H24N2O4. The van der Waals surface area contributed by atoms with Crippen LogP contribution in [0.15, 0.2) is 0 Å². The molecule has 6 heteroatoms. The molecular weight excluding hydrogens is 260 g/mol. The number of morpholine rings is 1. The van der Waals surface area contributed by atoms with Crippen molar-refractivity contribution in [3.63, 3.8) is 0 Å². The smallest absolute Gasteiger partial charge is 0.323 e. The molecule has 0 bridgehead atoms. The van der Waals surface area contributed by atoms with Gasteiger partial charge in [-0.3, -0.25) is 14.5 Å². The maximum Gasteiger partial charge on any atom is 0.323 e. The Hall–Kier alpha value is -1.14. The summed E-state index contributed by atoms with van der Waals surface area (Å²) < 4.78 is 5.55. The number of aliphatic carboxylic acids is 1. The maximum atomic E-state index is 12.3. The summed E-state index contributed by atoms with van der Waals surface area (Å²) in [5, 5.41) is 9.26. The van der Waals surface area contributed by atoms with Crippen LogP contribution in [0.1, 0.15) is 33.1 Å². The first kappa shape index (κ1) is 15.3. The molecule has 0 aromatic heterocycles. The van der Waals surface area contributed by atoms with E-state index in [0.29, 0.717) is 6.54 Å². The molecule has 20 heavy (non-hydrogen) atoms. The number of ether oxygens (including phenoxy) is 1. The summed E-state index contributed by atoms with van der Waals surface area (Å²) in [4.78, 5) is 27.2. The van der Waals surface area contributed by atoms with Gasteiger partial charge in [0.1, 0.15) is 6.04 Å². The SMILES string of the molecule is CC1(C)CN(CC(=O)N2CCCCC2)C(C(=O)O)CO1. The first-order chi connectivity index (χ1) is 9.39. The average molecular weight is 284 g/mol. The third-order valence-corrected chi connectivity index (χ3v) is 3.99. The lowest BCUT2D eigenvalue weighted by Gasteiger charge is -2.42. The molecule has 2 fully saturated rings. The monoisotopic (exact) mass is 284 g/mol. The van der Waals surface area contributed by atoms with Crippen LogP contribution in [0.5, 0.6) is 0 Å². The Balaban J connectivity index is 1.99. The Labute approximate surface area is 119 Å². The predicted molar refractivity (Wildman–Crippen MR) is 73.5 cm³/mol. The molecule has 2 heterocycles. The van der Waals surface area contributed by atoms with Crippen molar-refractivity contribution >= 4 is 11.9 Å². The zero-order chi connectivity index (χ0) is 14.8. The molecule has 0 spiro atoms. The molecule has 2 aliphatic rings. The quantitative estimate of drug-likeness (QED) is 0.820. The first-order valence-corrected chi connectivity index (χ1v) is 7.28. The number of hydrogen-bond acceptors (Lipinski definition) is 4. The number of hydrogen-bond donors (Lipinski definition) is 1. The van der Waals surface area contributed by atoms with Crippen LogP contribution in [0.25, 0.3) is 0 Å². The van der Waals surface area contributed by atoms with Gasteiger partial charge < -0.3 is 14.7 Å². The van der Waals surface area contributed by atoms with Crippen molar-refractivity contribution in [2.75, 3.05) is 32.8 Å². The Kier molecular flexibility index (Phi) is 4.65. The van der Waals surface area contributed by atoms with Crippen molar-refractivity contribution in [2.45, 2.75) is 44.8 Å². The molecule has 1 N–H and O–H groups in total. The van der Waals surface area contributed by atoms with Crippen LogP contribution in [0, 0.1) is 0 Å². The highest BCUT2D eigenvalue weighted by molar-refractivity contribution is 5.80. The average Bonchev–Trinajstić information content (AvgIpc) is 2.38. The van der Waals surface area contributed by atoms with Gasteiger partial charge in [0.05, 0.1) is 18.8 Å². The van der Waals surface area contributed by atoms with Gasteiger partial charge in [-0.1, -0.05) is 0 Å². The summed E-state index contributed by atoms with van der Waals surface area (Å²) in [5.74, 6) is -0.888. The molecule has 6 nitrogen and oxygen atoms in total. The van der Waals surface area contributed by atoms with Crippen LogP contribution in [0.3, 0.4) is 0 Å². The van der Waals surface area contributed by atoms with E-state index < -0.39 is 17.6 Å². The van der Waals surface area contributed by atoms with E-state index in [-0.39, 0.29) is 19.1 Å². The van der Waals surface area contributed by atoms with Crippen LogP contribution in [-0.2, 0) is 14.3 Å². The van der Waals surface area contributed by atoms with Crippen molar-refractivity contribution in [3.8, 4) is 0 Å². The van der Waals surface area contributed by atoms with Crippen molar-refractivity contribution in [1.29, 1.82) is 0 Å². The Morgan fingerprint density at radius 1 is 1.25 bits per heavy atom. The van der Waals surface area contributed by atoms with Gasteiger partial charge in [0.25, 0.3) is 0 Å². The van der Waals surface area contributed by atoms with Crippen LogP contribution in [0.2, 0.25) is 0 Å². The van der Waals surface area contributed by atoms with Crippen molar-refractivity contribution in [3.05, 3.63) is 0 Å². The molecule has 1 unspecified atom stereocenters. The third-order valence-electron chi connectivity index (χ3n) is 3.99. The third kappa shape index (κ3) is 3.70. The second-order valence-corrected chi connectivity index (χ2v) is 6.27. The van der Waals surface area contributed by atoms with Crippen molar-refractivity contribution in [2.24, 2.45) is 0 Å². The molecule has 0 saturated carbocycles. The Bertz CT molecular complexity index is 377. The van der Waals surface area contributed by atoms with Gasteiger partial charge in [0.15, 0.2) is 0 Å². The fourth-order valence-electron chi connectivity index (χ4n) is 2.87. The highest BCUT2D eigenvalue weighted by atomic mass is 16.5. The molecule has 2 aliphatic heterocycles. The minimum atomic E-state index is -0.924. The van der Waals surface area contributed by atoms with Gasteiger partial charge in [-0.15, -0.1) is 0 Å². The number of nitrogens with zero attached hydrogens (tertiary/aromatic N) is 2. The number of carboxylic acid groups (broad SMARTS) is 1. The van der Waals surface area contributed by atoms with E-state index in [1.165, 1.54) is 6.42 Å². The summed E-state index contributed by atoms with van der Waals surface area (Å²) in [6.07, 6.45) is 3.26. The molecule has 0 aromatic rings. The number of carboxylic acids is 1. The van der Waals surface area contributed by atoms with Crippen LogP contribution < -0.4 is 0 Å². The van der Waals surface area contributed by atoms with Gasteiger partial charge in [0.2, 0.25) is 5.91 Å². The number of likely N-dealkylation sites (tertiary alicyclic amines) is 1. The van der Waals surface area contributed by atoms with E-state index in [2.05, 4.69) is 0 Å². The fourth-order valence-corrected chi connectivity index (χ4v) is 2.87. The molecule has 2 rings (SSSR count). The summed E-state index contributed by atoms with van der Waals surface area (Å²) in [5.41, 5.74) is -0.409. The van der Waals surface area contributed by atoms with Gasteiger partial charge in [0, 0.05) is 19.6 Å². The molecule has 1 atom stereocenters. The van der Waals surface area contributed by atoms with E-state index in [0.717, 1.165) is 25.9 Å². The summed E-state index contributed by atoms with van der Waals surface area (Å²) in [6, 6.07) is -0.725. The molecule has 0 aliphatic carbocycles. The minimum Gasteiger partial charge on any atom is -0.480 e. The van der Waals surface area contributed by atoms with Gasteiger partial charge in [-0.2, -0.15) is 0 Å². The molecule has 0 radical (unpaired) electrons. The van der Waals surface area contributed by atoms with Crippen LogP contribution in [-0.4, -0.2) is 71.2 Å². The van der Waals surface area contributed by atoms with E-state index in [1.807, 2.05) is 18.7 Å². The number of piperidine rings is 1. The number of carbonyl (C=O) groups is 2. The second-order valence-electron chi connectivity index (χ2n) is 6.27. The van der Waals surface area contributed by atoms with Gasteiger partial charge >= 0.3 is 5.97 Å². The number of rotatable bonds is 3. The lowest BCUT2D eigenvalue weighted by Crippen LogP contribution is -2.59. The standard InChI is InChI=1S/C14H24N2O4/c1-14(2)10-16(11(9-20-14)13(18)19)8-12(17)15-6-4-3-5-7-15/h11H,3-10H2,1-2H3,(H,18,19). The normalized spacial score (nSPS) is 27.3. The van der Waals surface area contributed by atoms with Crippen molar-refractivity contribution < 1.29 is 19.4 Å². The van der Waals surface area contributed by atoms with E-state index in [4.69, 9.17) is 4.74 Å². The zero-order valence-electron chi connectivity index (χ0n) is 12.3. The van der Waals surface area contributed by atoms with Crippen LogP contribution >= 0.6 is 0 Å². The summed E-state index contributed by atoms with van der Waals surface area (Å²) in [6.45, 7) is 6.20. The Morgan fingerprint density at radius 3 is 2.50 bits per heavy atom. The lowest BCUT2D eigenvalue weighted by atomic mass is 10.0. The summed E-state index contributed by atoms with van der Waals surface area (Å²) in [7, 11) is 0. The highest BCUT2D eigenvalue weighted by Gasteiger charge is 2.38. The van der Waals surface area contributed by atoms with E-state index in [1.54, 1.807) is 4.90 Å². The maximum absolute atomic E-state index is 12.3. The minimum absolute atomic E-state index is 0.0358. The van der Waals surface area contributed by atoms with Crippen molar-refractivity contribution in [1.82, 2.24) is 9.80 Å². The zero-order valence-corrected chi connectivity index (χ0v) is 12.3. The van der Waals surface area contributed by atoms with Gasteiger partial charge in [-0.05, 0) is 33.1 Å². The number of amides is 1. The fraction of sp³-hybridized carbons (Fsp3) is 0.857. The van der Waals surface area contributed by atoms with Crippen LogP contribution in [0.4, 0.5) is 0 Å². The highest BCUT2D eigenvalue weighted by Crippen LogP contribution is 2.21. The molecule has 2 saturated heterocycles. The van der Waals surface area contributed by atoms with E-state index in [9.17, 15) is 14.7 Å². The van der Waals surface area contributed by atoms with E-state index >= 15 is 0 Å². The lowest BCUT2D eigenvalue weighted by molar-refractivity contribution is -0.164. The molecule has 114 valence electrons. The predicted octanol–water partition coefficient (Wildman–Crippen LogP) is 0.563. The Morgan fingerprint density at radius 2 is 1.90 bits per heavy atom. The molecule has 1 amide bonds. The largest absolute Gasteiger partial charge is 0.480 e. The van der Waals surface area contributed by atoms with Gasteiger partial charge in [-0.25, -0.2) is 0 Å².